The maximum absolute atomic E-state index is 12.2. The standard InChI is InChI=1S/C15H21NO4/c1-2-3-13-12(8-9-20-13)14(17)16-11-6-4-10(5-7-11)15(18)19/h8-11H,2-7H2,1H3,(H,16,17)(H,18,19). The summed E-state index contributed by atoms with van der Waals surface area (Å²) in [7, 11) is 0. The highest BCUT2D eigenvalue weighted by Crippen LogP contribution is 2.25. The molecule has 1 fully saturated rings. The summed E-state index contributed by atoms with van der Waals surface area (Å²) in [6.45, 7) is 2.04. The summed E-state index contributed by atoms with van der Waals surface area (Å²) in [5.74, 6) is -0.368. The normalized spacial score (nSPS) is 22.4. The van der Waals surface area contributed by atoms with Gasteiger partial charge in [0.2, 0.25) is 0 Å². The number of hydrogen-bond acceptors (Lipinski definition) is 3. The number of carbonyl (C=O) groups excluding carboxylic acids is 1. The average Bonchev–Trinajstić information content (AvgIpc) is 2.88. The number of nitrogens with one attached hydrogen (secondary N) is 1. The second kappa shape index (κ2) is 6.59. The molecule has 1 aliphatic rings. The van der Waals surface area contributed by atoms with Gasteiger partial charge in [0.15, 0.2) is 0 Å². The number of carboxylic acid groups (broad SMARTS) is 1. The van der Waals surface area contributed by atoms with Gasteiger partial charge in [0.25, 0.3) is 5.91 Å². The van der Waals surface area contributed by atoms with Gasteiger partial charge in [0.05, 0.1) is 17.7 Å². The zero-order valence-corrected chi connectivity index (χ0v) is 11.7. The smallest absolute Gasteiger partial charge is 0.306 e. The van der Waals surface area contributed by atoms with Crippen molar-refractivity contribution in [2.45, 2.75) is 51.5 Å². The van der Waals surface area contributed by atoms with Crippen LogP contribution in [0, 0.1) is 5.92 Å². The molecular weight excluding hydrogens is 258 g/mol. The van der Waals surface area contributed by atoms with E-state index < -0.39 is 5.97 Å². The van der Waals surface area contributed by atoms with Gasteiger partial charge in [-0.25, -0.2) is 0 Å². The van der Waals surface area contributed by atoms with Crippen molar-refractivity contribution in [2.24, 2.45) is 5.92 Å². The predicted octanol–water partition coefficient (Wildman–Crippen LogP) is 2.61. The molecule has 110 valence electrons. The maximum atomic E-state index is 12.2. The Bertz CT molecular complexity index is 472. The summed E-state index contributed by atoms with van der Waals surface area (Å²) in [4.78, 5) is 23.1. The second-order valence-electron chi connectivity index (χ2n) is 5.37. The van der Waals surface area contributed by atoms with E-state index in [2.05, 4.69) is 5.32 Å². The van der Waals surface area contributed by atoms with Crippen LogP contribution in [0.5, 0.6) is 0 Å². The summed E-state index contributed by atoms with van der Waals surface area (Å²) < 4.78 is 5.33. The molecule has 0 radical (unpaired) electrons. The Labute approximate surface area is 118 Å². The Morgan fingerprint density at radius 3 is 2.65 bits per heavy atom. The predicted molar refractivity (Wildman–Crippen MR) is 73.6 cm³/mol. The minimum absolute atomic E-state index is 0.0717. The van der Waals surface area contributed by atoms with Gasteiger partial charge in [-0.15, -0.1) is 0 Å². The molecule has 2 N–H and O–H groups in total. The molecule has 5 nitrogen and oxygen atoms in total. The van der Waals surface area contributed by atoms with E-state index in [9.17, 15) is 9.59 Å². The number of aryl methyl sites for hydroxylation is 1. The first kappa shape index (κ1) is 14.6. The Balaban J connectivity index is 1.89. The quantitative estimate of drug-likeness (QED) is 0.868. The minimum atomic E-state index is -0.727. The van der Waals surface area contributed by atoms with Crippen LogP contribution in [0.25, 0.3) is 0 Å². The molecule has 2 rings (SSSR count). The van der Waals surface area contributed by atoms with Crippen LogP contribution in [0.3, 0.4) is 0 Å². The number of hydrogen-bond donors (Lipinski definition) is 2. The van der Waals surface area contributed by atoms with E-state index in [1.54, 1.807) is 12.3 Å². The number of furan rings is 1. The summed E-state index contributed by atoms with van der Waals surface area (Å²) in [5, 5.41) is 11.9. The Hall–Kier alpha value is -1.78. The second-order valence-corrected chi connectivity index (χ2v) is 5.37. The van der Waals surface area contributed by atoms with Gasteiger partial charge in [-0.3, -0.25) is 9.59 Å². The van der Waals surface area contributed by atoms with Gasteiger partial charge in [-0.1, -0.05) is 6.92 Å². The monoisotopic (exact) mass is 279 g/mol. The van der Waals surface area contributed by atoms with Crippen LogP contribution in [0.4, 0.5) is 0 Å². The van der Waals surface area contributed by atoms with Gasteiger partial charge < -0.3 is 14.8 Å². The highest BCUT2D eigenvalue weighted by Gasteiger charge is 2.27. The minimum Gasteiger partial charge on any atom is -0.481 e. The zero-order valence-electron chi connectivity index (χ0n) is 11.7. The van der Waals surface area contributed by atoms with E-state index in [-0.39, 0.29) is 17.9 Å². The molecule has 0 spiro atoms. The number of aliphatic carboxylic acids is 1. The summed E-state index contributed by atoms with van der Waals surface area (Å²) in [5.41, 5.74) is 0.604. The van der Waals surface area contributed by atoms with Crippen LogP contribution in [0.2, 0.25) is 0 Å². The van der Waals surface area contributed by atoms with Gasteiger partial charge in [-0.2, -0.15) is 0 Å². The number of carboxylic acids is 1. The first-order valence-corrected chi connectivity index (χ1v) is 7.21. The SMILES string of the molecule is CCCc1occc1C(=O)NC1CCC(C(=O)O)CC1. The van der Waals surface area contributed by atoms with Gasteiger partial charge in [0, 0.05) is 12.5 Å². The van der Waals surface area contributed by atoms with Gasteiger partial charge in [-0.05, 0) is 38.2 Å². The van der Waals surface area contributed by atoms with Gasteiger partial charge in [0.1, 0.15) is 5.76 Å². The van der Waals surface area contributed by atoms with E-state index in [1.165, 1.54) is 0 Å². The lowest BCUT2D eigenvalue weighted by Gasteiger charge is -2.26. The van der Waals surface area contributed by atoms with E-state index >= 15 is 0 Å². The van der Waals surface area contributed by atoms with Crippen LogP contribution in [0.1, 0.15) is 55.1 Å². The highest BCUT2D eigenvalue weighted by molar-refractivity contribution is 5.95. The van der Waals surface area contributed by atoms with Crippen LogP contribution in [0.15, 0.2) is 16.7 Å². The average molecular weight is 279 g/mol. The first-order valence-electron chi connectivity index (χ1n) is 7.21. The fourth-order valence-corrected chi connectivity index (χ4v) is 2.71. The molecule has 1 aromatic heterocycles. The van der Waals surface area contributed by atoms with Crippen LogP contribution in [-0.4, -0.2) is 23.0 Å². The summed E-state index contributed by atoms with van der Waals surface area (Å²) in [6, 6.07) is 1.77. The number of amides is 1. The fraction of sp³-hybridized carbons (Fsp3) is 0.600. The third-order valence-corrected chi connectivity index (χ3v) is 3.88. The van der Waals surface area contributed by atoms with Crippen molar-refractivity contribution >= 4 is 11.9 Å². The van der Waals surface area contributed by atoms with Crippen molar-refractivity contribution in [3.05, 3.63) is 23.7 Å². The molecule has 0 aromatic carbocycles. The molecule has 1 amide bonds. The van der Waals surface area contributed by atoms with Crippen molar-refractivity contribution in [3.8, 4) is 0 Å². The van der Waals surface area contributed by atoms with Crippen molar-refractivity contribution in [3.63, 3.8) is 0 Å². The van der Waals surface area contributed by atoms with Crippen molar-refractivity contribution in [1.82, 2.24) is 5.32 Å². The first-order chi connectivity index (χ1) is 9.61. The molecule has 5 heteroatoms. The molecule has 1 aromatic rings. The Morgan fingerprint density at radius 2 is 2.05 bits per heavy atom. The van der Waals surface area contributed by atoms with Crippen molar-refractivity contribution < 1.29 is 19.1 Å². The molecule has 0 bridgehead atoms. The number of carbonyl (C=O) groups is 2. The van der Waals surface area contributed by atoms with E-state index in [1.807, 2.05) is 6.92 Å². The molecule has 0 aliphatic heterocycles. The Kier molecular flexibility index (Phi) is 4.82. The third-order valence-electron chi connectivity index (χ3n) is 3.88. The zero-order chi connectivity index (χ0) is 14.5. The van der Waals surface area contributed by atoms with Gasteiger partial charge >= 0.3 is 5.97 Å². The van der Waals surface area contributed by atoms with Crippen molar-refractivity contribution in [2.75, 3.05) is 0 Å². The number of rotatable bonds is 5. The summed E-state index contributed by atoms with van der Waals surface area (Å²) in [6.07, 6.45) is 5.94. The van der Waals surface area contributed by atoms with E-state index in [0.717, 1.165) is 31.4 Å². The molecule has 0 saturated heterocycles. The molecule has 0 atom stereocenters. The van der Waals surface area contributed by atoms with Crippen LogP contribution < -0.4 is 5.32 Å². The summed E-state index contributed by atoms with van der Waals surface area (Å²) >= 11 is 0. The molecular formula is C15H21NO4. The molecule has 1 heterocycles. The largest absolute Gasteiger partial charge is 0.481 e. The topological polar surface area (TPSA) is 79.5 Å². The molecule has 1 saturated carbocycles. The molecule has 0 unspecified atom stereocenters. The van der Waals surface area contributed by atoms with Crippen LogP contribution in [-0.2, 0) is 11.2 Å². The lowest BCUT2D eigenvalue weighted by molar-refractivity contribution is -0.142. The molecule has 1 aliphatic carbocycles. The Morgan fingerprint density at radius 1 is 1.35 bits per heavy atom. The highest BCUT2D eigenvalue weighted by atomic mass is 16.4. The van der Waals surface area contributed by atoms with Crippen LogP contribution >= 0.6 is 0 Å². The third kappa shape index (κ3) is 3.40. The lowest BCUT2D eigenvalue weighted by atomic mass is 9.86. The van der Waals surface area contributed by atoms with E-state index in [0.29, 0.717) is 18.4 Å². The molecule has 20 heavy (non-hydrogen) atoms. The fourth-order valence-electron chi connectivity index (χ4n) is 2.71. The maximum Gasteiger partial charge on any atom is 0.306 e. The van der Waals surface area contributed by atoms with Crippen molar-refractivity contribution in [1.29, 1.82) is 0 Å². The lowest BCUT2D eigenvalue weighted by Crippen LogP contribution is -2.38. The van der Waals surface area contributed by atoms with E-state index in [4.69, 9.17) is 9.52 Å².